The number of aromatic nitrogens is 4. The Morgan fingerprint density at radius 2 is 0.931 bits per heavy atom. The standard InChI is InChI=1S/C53H45N5/c1-52(2)41-25-13-11-23-39(41)48(40-24-12-14-26-42(40)52)49-37(31-32-47-55-50(35-19-7-5-8-20-35)57-51(56-47)36-21-9-6-10-22-36)33-38(34-54-49)58-45-29-17-15-27-43(45)53(3,4)44-28-16-18-30-46(44)58/h5-30,33-34,48H,31-32H2,1-4H3. The first-order valence-corrected chi connectivity index (χ1v) is 20.3. The van der Waals surface area contributed by atoms with Crippen molar-refractivity contribution >= 4 is 17.1 Å². The summed E-state index contributed by atoms with van der Waals surface area (Å²) in [5, 5.41) is 0. The van der Waals surface area contributed by atoms with Crippen LogP contribution in [-0.2, 0) is 23.7 Å². The van der Waals surface area contributed by atoms with Crippen molar-refractivity contribution in [2.45, 2.75) is 57.3 Å². The number of pyridine rings is 1. The molecule has 1 aliphatic carbocycles. The van der Waals surface area contributed by atoms with E-state index >= 15 is 0 Å². The van der Waals surface area contributed by atoms with E-state index in [1.54, 1.807) is 0 Å². The second kappa shape index (κ2) is 14.0. The molecule has 0 radical (unpaired) electrons. The molecule has 0 amide bonds. The van der Waals surface area contributed by atoms with Gasteiger partial charge in [0.2, 0.25) is 0 Å². The van der Waals surface area contributed by atoms with E-state index in [-0.39, 0.29) is 16.7 Å². The highest BCUT2D eigenvalue weighted by atomic mass is 15.2. The summed E-state index contributed by atoms with van der Waals surface area (Å²) < 4.78 is 0. The largest absolute Gasteiger partial charge is 0.308 e. The molecule has 1 aliphatic heterocycles. The highest BCUT2D eigenvalue weighted by Crippen LogP contribution is 2.53. The van der Waals surface area contributed by atoms with Crippen LogP contribution in [0.1, 0.15) is 84.1 Å². The molecule has 0 unspecified atom stereocenters. The van der Waals surface area contributed by atoms with Crippen LogP contribution in [0.2, 0.25) is 0 Å². The maximum atomic E-state index is 5.55. The lowest BCUT2D eigenvalue weighted by atomic mass is 9.64. The quantitative estimate of drug-likeness (QED) is 0.162. The van der Waals surface area contributed by atoms with E-state index in [2.05, 4.69) is 166 Å². The van der Waals surface area contributed by atoms with E-state index in [0.717, 1.165) is 28.3 Å². The highest BCUT2D eigenvalue weighted by Gasteiger charge is 2.40. The lowest BCUT2D eigenvalue weighted by molar-refractivity contribution is 0.593. The molecule has 282 valence electrons. The van der Waals surface area contributed by atoms with Gasteiger partial charge in [-0.15, -0.1) is 0 Å². The van der Waals surface area contributed by atoms with Gasteiger partial charge in [-0.3, -0.25) is 4.98 Å². The number of benzene rings is 6. The van der Waals surface area contributed by atoms with Crippen molar-refractivity contribution in [2.75, 3.05) is 4.90 Å². The van der Waals surface area contributed by atoms with Crippen LogP contribution >= 0.6 is 0 Å². The topological polar surface area (TPSA) is 54.8 Å². The Morgan fingerprint density at radius 1 is 0.483 bits per heavy atom. The zero-order valence-corrected chi connectivity index (χ0v) is 33.4. The molecule has 8 aromatic rings. The number of hydrogen-bond donors (Lipinski definition) is 0. The lowest BCUT2D eigenvalue weighted by Gasteiger charge is -2.42. The monoisotopic (exact) mass is 751 g/mol. The molecule has 0 saturated heterocycles. The molecule has 0 atom stereocenters. The summed E-state index contributed by atoms with van der Waals surface area (Å²) in [6.45, 7) is 9.35. The Morgan fingerprint density at radius 3 is 1.47 bits per heavy atom. The summed E-state index contributed by atoms with van der Waals surface area (Å²) in [5.74, 6) is 2.07. The van der Waals surface area contributed by atoms with E-state index in [4.69, 9.17) is 19.9 Å². The van der Waals surface area contributed by atoms with Gasteiger partial charge >= 0.3 is 0 Å². The fourth-order valence-electron chi connectivity index (χ4n) is 9.49. The van der Waals surface area contributed by atoms with Gasteiger partial charge in [-0.2, -0.15) is 0 Å². The molecular formula is C53H45N5. The molecule has 0 saturated carbocycles. The van der Waals surface area contributed by atoms with Gasteiger partial charge in [-0.05, 0) is 63.6 Å². The molecule has 0 spiro atoms. The first-order chi connectivity index (χ1) is 28.3. The predicted octanol–water partition coefficient (Wildman–Crippen LogP) is 12.3. The lowest BCUT2D eigenvalue weighted by Crippen LogP contribution is -2.31. The molecule has 0 fully saturated rings. The van der Waals surface area contributed by atoms with E-state index in [1.165, 1.54) is 50.3 Å². The van der Waals surface area contributed by atoms with Crippen molar-refractivity contribution < 1.29 is 0 Å². The molecule has 2 aromatic heterocycles. The predicted molar refractivity (Wildman–Crippen MR) is 235 cm³/mol. The number of rotatable bonds is 7. The molecule has 2 aliphatic rings. The number of aryl methyl sites for hydroxylation is 2. The number of nitrogens with zero attached hydrogens (tertiary/aromatic N) is 5. The molecular weight excluding hydrogens is 707 g/mol. The maximum Gasteiger partial charge on any atom is 0.163 e. The zero-order valence-electron chi connectivity index (χ0n) is 33.4. The minimum Gasteiger partial charge on any atom is -0.308 e. The second-order valence-corrected chi connectivity index (χ2v) is 16.6. The van der Waals surface area contributed by atoms with Gasteiger partial charge in [0.1, 0.15) is 5.82 Å². The van der Waals surface area contributed by atoms with Crippen molar-refractivity contribution in [2.24, 2.45) is 0 Å². The van der Waals surface area contributed by atoms with E-state index in [1.807, 2.05) is 36.4 Å². The summed E-state index contributed by atoms with van der Waals surface area (Å²) in [7, 11) is 0. The number of para-hydroxylation sites is 2. The zero-order chi connectivity index (χ0) is 39.4. The smallest absolute Gasteiger partial charge is 0.163 e. The Hall–Kier alpha value is -6.72. The minimum atomic E-state index is -0.159. The fourth-order valence-corrected chi connectivity index (χ4v) is 9.49. The normalized spacial score (nSPS) is 14.9. The van der Waals surface area contributed by atoms with Gasteiger partial charge < -0.3 is 4.90 Å². The third kappa shape index (κ3) is 5.92. The third-order valence-electron chi connectivity index (χ3n) is 12.4. The summed E-state index contributed by atoms with van der Waals surface area (Å²) in [6.07, 6.45) is 3.40. The summed E-state index contributed by atoms with van der Waals surface area (Å²) in [5.41, 5.74) is 15.2. The average molecular weight is 752 g/mol. The van der Waals surface area contributed by atoms with Crippen LogP contribution in [0.5, 0.6) is 0 Å². The van der Waals surface area contributed by atoms with Crippen LogP contribution in [0.4, 0.5) is 17.1 Å². The van der Waals surface area contributed by atoms with Gasteiger partial charge in [-0.25, -0.2) is 15.0 Å². The fraction of sp³-hybridized carbons (Fsp3) is 0.170. The van der Waals surface area contributed by atoms with Crippen LogP contribution in [0, 0.1) is 0 Å². The van der Waals surface area contributed by atoms with Crippen LogP contribution in [0.25, 0.3) is 22.8 Å². The third-order valence-corrected chi connectivity index (χ3v) is 12.4. The molecule has 58 heavy (non-hydrogen) atoms. The first kappa shape index (κ1) is 35.7. The Kier molecular flexibility index (Phi) is 8.63. The molecule has 10 rings (SSSR count). The Labute approximate surface area is 341 Å². The van der Waals surface area contributed by atoms with Crippen LogP contribution in [0.3, 0.4) is 0 Å². The van der Waals surface area contributed by atoms with Crippen LogP contribution < -0.4 is 4.90 Å². The minimum absolute atomic E-state index is 0.0394. The van der Waals surface area contributed by atoms with Gasteiger partial charge in [0.15, 0.2) is 11.6 Å². The second-order valence-electron chi connectivity index (χ2n) is 16.6. The van der Waals surface area contributed by atoms with Gasteiger partial charge in [0.05, 0.1) is 34.9 Å². The van der Waals surface area contributed by atoms with Gasteiger partial charge in [0.25, 0.3) is 0 Å². The van der Waals surface area contributed by atoms with Crippen LogP contribution in [0.15, 0.2) is 170 Å². The van der Waals surface area contributed by atoms with Crippen molar-refractivity contribution in [3.05, 3.63) is 220 Å². The number of anilines is 3. The molecule has 0 bridgehead atoms. The van der Waals surface area contributed by atoms with E-state index in [0.29, 0.717) is 24.5 Å². The Bertz CT molecular complexity index is 2650. The first-order valence-electron chi connectivity index (χ1n) is 20.3. The van der Waals surface area contributed by atoms with Crippen molar-refractivity contribution in [3.63, 3.8) is 0 Å². The summed E-state index contributed by atoms with van der Waals surface area (Å²) in [6, 6.07) is 58.4. The average Bonchev–Trinajstić information content (AvgIpc) is 3.27. The molecule has 5 heteroatoms. The maximum absolute atomic E-state index is 5.55. The van der Waals surface area contributed by atoms with Crippen LogP contribution in [-0.4, -0.2) is 19.9 Å². The van der Waals surface area contributed by atoms with E-state index < -0.39 is 0 Å². The van der Waals surface area contributed by atoms with Crippen molar-refractivity contribution in [3.8, 4) is 22.8 Å². The van der Waals surface area contributed by atoms with Gasteiger partial charge in [-0.1, -0.05) is 173 Å². The molecule has 3 heterocycles. The van der Waals surface area contributed by atoms with Gasteiger partial charge in [0, 0.05) is 28.4 Å². The number of fused-ring (bicyclic) bond motifs is 4. The molecule has 0 N–H and O–H groups in total. The SMILES string of the molecule is CC1(C)c2ccccc2C(c2ncc(N3c4ccccc4C(C)(C)c4ccccc43)cc2CCc2nc(-c3ccccc3)nc(-c3ccccc3)n2)c2ccccc21. The molecule has 5 nitrogen and oxygen atoms in total. The summed E-state index contributed by atoms with van der Waals surface area (Å²) in [4.78, 5) is 23.2. The highest BCUT2D eigenvalue weighted by molar-refractivity contribution is 5.86. The number of hydrogen-bond acceptors (Lipinski definition) is 5. The molecule has 6 aromatic carbocycles. The summed E-state index contributed by atoms with van der Waals surface area (Å²) >= 11 is 0. The van der Waals surface area contributed by atoms with Crippen molar-refractivity contribution in [1.29, 1.82) is 0 Å². The van der Waals surface area contributed by atoms with E-state index in [9.17, 15) is 0 Å². The Balaban J connectivity index is 1.16. The van der Waals surface area contributed by atoms with Crippen molar-refractivity contribution in [1.82, 2.24) is 19.9 Å².